The van der Waals surface area contributed by atoms with Crippen LogP contribution in [0.5, 0.6) is 0 Å². The third-order valence-electron chi connectivity index (χ3n) is 5.34. The van der Waals surface area contributed by atoms with Crippen LogP contribution in [0.4, 0.5) is 0 Å². The highest BCUT2D eigenvalue weighted by Crippen LogP contribution is 2.27. The fourth-order valence-electron chi connectivity index (χ4n) is 4.13. The van der Waals surface area contributed by atoms with Gasteiger partial charge in [0.25, 0.3) is 0 Å². The van der Waals surface area contributed by atoms with Crippen LogP contribution in [0.15, 0.2) is 33.5 Å². The minimum Gasteiger partial charge on any atom is -0.408 e. The number of carbonyl (C=O) groups is 1. The Morgan fingerprint density at radius 1 is 1.21 bits per heavy atom. The fourth-order valence-corrected chi connectivity index (χ4v) is 4.13. The number of benzene rings is 1. The summed E-state index contributed by atoms with van der Waals surface area (Å²) in [4.78, 5) is 26.8. The molecule has 3 heterocycles. The maximum absolute atomic E-state index is 12.3. The fraction of sp³-hybridized carbons (Fsp3) is 0.556. The molecule has 2 aliphatic heterocycles. The summed E-state index contributed by atoms with van der Waals surface area (Å²) in [6, 6.07) is 8.07. The summed E-state index contributed by atoms with van der Waals surface area (Å²) in [6.07, 6.45) is 5.03. The maximum Gasteiger partial charge on any atom is 0.419 e. The van der Waals surface area contributed by atoms with Gasteiger partial charge >= 0.3 is 5.76 Å². The molecule has 6 heteroatoms. The number of rotatable bonds is 4. The van der Waals surface area contributed by atoms with E-state index in [4.69, 9.17) is 4.42 Å². The Hall–Kier alpha value is -2.08. The van der Waals surface area contributed by atoms with E-state index in [-0.39, 0.29) is 11.9 Å². The van der Waals surface area contributed by atoms with Gasteiger partial charge in [-0.05, 0) is 37.9 Å². The van der Waals surface area contributed by atoms with Crippen LogP contribution in [0.3, 0.4) is 0 Å². The number of fused-ring (bicyclic) bond motifs is 2. The van der Waals surface area contributed by atoms with E-state index >= 15 is 0 Å². The lowest BCUT2D eigenvalue weighted by Gasteiger charge is -2.32. The van der Waals surface area contributed by atoms with E-state index in [1.54, 1.807) is 6.07 Å². The van der Waals surface area contributed by atoms with Crippen molar-refractivity contribution < 1.29 is 9.21 Å². The van der Waals surface area contributed by atoms with Gasteiger partial charge in [-0.1, -0.05) is 18.6 Å². The number of aryl methyl sites for hydroxylation is 1. The molecule has 128 valence electrons. The van der Waals surface area contributed by atoms with Gasteiger partial charge in [-0.25, -0.2) is 4.79 Å². The number of amides is 1. The number of hydrogen-bond acceptors (Lipinski definition) is 4. The van der Waals surface area contributed by atoms with E-state index < -0.39 is 5.76 Å². The highest BCUT2D eigenvalue weighted by molar-refractivity contribution is 5.77. The van der Waals surface area contributed by atoms with Crippen molar-refractivity contribution in [3.63, 3.8) is 0 Å². The molecule has 2 aliphatic rings. The Balaban J connectivity index is 1.38. The van der Waals surface area contributed by atoms with E-state index in [9.17, 15) is 9.59 Å². The summed E-state index contributed by atoms with van der Waals surface area (Å²) in [7, 11) is 0. The van der Waals surface area contributed by atoms with Crippen molar-refractivity contribution in [2.45, 2.75) is 50.7 Å². The van der Waals surface area contributed by atoms with Gasteiger partial charge in [-0.2, -0.15) is 0 Å². The van der Waals surface area contributed by atoms with Crippen molar-refractivity contribution in [2.75, 3.05) is 13.1 Å². The van der Waals surface area contributed by atoms with Crippen LogP contribution in [0.25, 0.3) is 11.1 Å². The predicted octanol–water partition coefficient (Wildman–Crippen LogP) is 1.73. The highest BCUT2D eigenvalue weighted by Gasteiger charge is 2.36. The molecule has 1 aromatic carbocycles. The lowest BCUT2D eigenvalue weighted by Crippen LogP contribution is -2.47. The molecule has 0 unspecified atom stereocenters. The van der Waals surface area contributed by atoms with Crippen molar-refractivity contribution in [3.8, 4) is 0 Å². The zero-order chi connectivity index (χ0) is 16.5. The summed E-state index contributed by atoms with van der Waals surface area (Å²) in [5, 5.41) is 3.18. The SMILES string of the molecule is O=C(CCn1c(=O)oc2ccccc21)N[C@H]1CCN2CCCC[C@@H]12. The van der Waals surface area contributed by atoms with Gasteiger partial charge in [0.15, 0.2) is 5.58 Å². The molecule has 1 N–H and O–H groups in total. The molecule has 2 fully saturated rings. The monoisotopic (exact) mass is 329 g/mol. The number of nitrogens with one attached hydrogen (secondary N) is 1. The number of hydrogen-bond donors (Lipinski definition) is 1. The molecule has 2 atom stereocenters. The molecular formula is C18H23N3O3. The van der Waals surface area contributed by atoms with Crippen molar-refractivity contribution in [1.29, 1.82) is 0 Å². The summed E-state index contributed by atoms with van der Waals surface area (Å²) >= 11 is 0. The minimum absolute atomic E-state index is 0.0182. The van der Waals surface area contributed by atoms with Gasteiger partial charge in [0.1, 0.15) is 0 Å². The smallest absolute Gasteiger partial charge is 0.408 e. The number of piperidine rings is 1. The van der Waals surface area contributed by atoms with E-state index in [2.05, 4.69) is 10.2 Å². The first-order valence-electron chi connectivity index (χ1n) is 8.84. The van der Waals surface area contributed by atoms with Crippen LogP contribution in [-0.2, 0) is 11.3 Å². The maximum atomic E-state index is 12.3. The summed E-state index contributed by atoms with van der Waals surface area (Å²) in [5.41, 5.74) is 1.31. The van der Waals surface area contributed by atoms with Gasteiger partial charge in [0, 0.05) is 31.6 Å². The van der Waals surface area contributed by atoms with Crippen molar-refractivity contribution in [2.24, 2.45) is 0 Å². The first-order valence-corrected chi connectivity index (χ1v) is 8.84. The molecule has 4 rings (SSSR count). The van der Waals surface area contributed by atoms with Crippen LogP contribution < -0.4 is 11.1 Å². The number of para-hydroxylation sites is 2. The Morgan fingerprint density at radius 3 is 3.00 bits per heavy atom. The van der Waals surface area contributed by atoms with Gasteiger partial charge in [0.2, 0.25) is 5.91 Å². The van der Waals surface area contributed by atoms with Gasteiger partial charge in [-0.3, -0.25) is 14.3 Å². The first-order chi connectivity index (χ1) is 11.7. The Bertz CT molecular complexity index is 794. The van der Waals surface area contributed by atoms with Crippen molar-refractivity contribution in [3.05, 3.63) is 34.8 Å². The molecule has 1 amide bonds. The third kappa shape index (κ3) is 2.86. The van der Waals surface area contributed by atoms with E-state index in [1.165, 1.54) is 23.8 Å². The quantitative estimate of drug-likeness (QED) is 0.927. The predicted molar refractivity (Wildman–Crippen MR) is 90.9 cm³/mol. The van der Waals surface area contributed by atoms with E-state index in [0.717, 1.165) is 25.0 Å². The molecule has 1 aromatic heterocycles. The molecule has 0 radical (unpaired) electrons. The number of aromatic nitrogens is 1. The summed E-state index contributed by atoms with van der Waals surface area (Å²) < 4.78 is 6.74. The van der Waals surface area contributed by atoms with E-state index in [0.29, 0.717) is 24.6 Å². The standard InChI is InChI=1S/C18H23N3O3/c22-17(19-13-8-11-20-10-4-3-5-14(13)20)9-12-21-15-6-1-2-7-16(15)24-18(21)23/h1-2,6-7,13-14H,3-5,8-12H2,(H,19,22)/t13-,14-/m0/s1. The van der Waals surface area contributed by atoms with E-state index in [1.807, 2.05) is 18.2 Å². The Labute approximate surface area is 140 Å². The largest absolute Gasteiger partial charge is 0.419 e. The molecule has 0 bridgehead atoms. The van der Waals surface area contributed by atoms with Crippen LogP contribution in [0.2, 0.25) is 0 Å². The minimum atomic E-state index is -0.400. The lowest BCUT2D eigenvalue weighted by atomic mass is 9.99. The molecule has 6 nitrogen and oxygen atoms in total. The number of carbonyl (C=O) groups excluding carboxylic acids is 1. The summed E-state index contributed by atoms with van der Waals surface area (Å²) in [5.74, 6) is -0.382. The first kappa shape index (κ1) is 15.4. The van der Waals surface area contributed by atoms with Crippen molar-refractivity contribution in [1.82, 2.24) is 14.8 Å². The number of nitrogens with zero attached hydrogens (tertiary/aromatic N) is 2. The highest BCUT2D eigenvalue weighted by atomic mass is 16.4. The Morgan fingerprint density at radius 2 is 2.08 bits per heavy atom. The molecular weight excluding hydrogens is 306 g/mol. The normalized spacial score (nSPS) is 24.2. The van der Waals surface area contributed by atoms with Crippen LogP contribution in [0.1, 0.15) is 32.1 Å². The molecule has 0 saturated carbocycles. The van der Waals surface area contributed by atoms with Crippen LogP contribution >= 0.6 is 0 Å². The molecule has 0 spiro atoms. The second kappa shape index (κ2) is 6.43. The second-order valence-electron chi connectivity index (χ2n) is 6.80. The van der Waals surface area contributed by atoms with Crippen LogP contribution in [-0.4, -0.2) is 40.5 Å². The Kier molecular flexibility index (Phi) is 4.14. The number of oxazole rings is 1. The molecule has 2 aromatic rings. The topological polar surface area (TPSA) is 67.5 Å². The molecule has 0 aliphatic carbocycles. The average molecular weight is 329 g/mol. The van der Waals surface area contributed by atoms with Gasteiger partial charge < -0.3 is 9.73 Å². The molecule has 24 heavy (non-hydrogen) atoms. The van der Waals surface area contributed by atoms with Crippen molar-refractivity contribution >= 4 is 17.0 Å². The van der Waals surface area contributed by atoms with Gasteiger partial charge in [-0.15, -0.1) is 0 Å². The average Bonchev–Trinajstić information content (AvgIpc) is 3.14. The lowest BCUT2D eigenvalue weighted by molar-refractivity contribution is -0.122. The summed E-state index contributed by atoms with van der Waals surface area (Å²) in [6.45, 7) is 2.59. The zero-order valence-corrected chi connectivity index (χ0v) is 13.7. The van der Waals surface area contributed by atoms with Gasteiger partial charge in [0.05, 0.1) is 5.52 Å². The second-order valence-corrected chi connectivity index (χ2v) is 6.80. The third-order valence-corrected chi connectivity index (χ3v) is 5.34. The zero-order valence-electron chi connectivity index (χ0n) is 13.7. The molecule has 2 saturated heterocycles. The van der Waals surface area contributed by atoms with Crippen LogP contribution in [0, 0.1) is 0 Å².